The minimum atomic E-state index is -0.470. The van der Waals surface area contributed by atoms with Gasteiger partial charge in [-0.3, -0.25) is 0 Å². The van der Waals surface area contributed by atoms with Crippen LogP contribution in [0.2, 0.25) is 0 Å². The summed E-state index contributed by atoms with van der Waals surface area (Å²) in [5, 5.41) is 9.28. The van der Waals surface area contributed by atoms with Crippen molar-refractivity contribution in [1.82, 2.24) is 9.88 Å². The lowest BCUT2D eigenvalue weighted by Crippen LogP contribution is -2.47. The zero-order valence-corrected chi connectivity index (χ0v) is 13.7. The summed E-state index contributed by atoms with van der Waals surface area (Å²) < 4.78 is 5.41. The molecule has 0 unspecified atom stereocenters. The highest BCUT2D eigenvalue weighted by atomic mass is 16.6. The smallest absolute Gasteiger partial charge is 0.410 e. The number of pyridine rings is 1. The van der Waals surface area contributed by atoms with Crippen LogP contribution in [-0.2, 0) is 4.74 Å². The number of carbonyl (C=O) groups excluding carboxylic acids is 1. The lowest BCUT2D eigenvalue weighted by molar-refractivity contribution is 0.0201. The standard InChI is InChI=1S/C16H25N3O3/c1-16(2,3)22-15(21)18(4)12-7-9-19(10-8-12)14-6-5-13(20)11-17-14/h5-6,11-12,20H,7-10H2,1-4H3. The summed E-state index contributed by atoms with van der Waals surface area (Å²) in [7, 11) is 1.80. The highest BCUT2D eigenvalue weighted by molar-refractivity contribution is 5.68. The largest absolute Gasteiger partial charge is 0.506 e. The number of piperidine rings is 1. The van der Waals surface area contributed by atoms with Crippen LogP contribution < -0.4 is 4.90 Å². The van der Waals surface area contributed by atoms with Crippen molar-refractivity contribution < 1.29 is 14.6 Å². The molecular weight excluding hydrogens is 282 g/mol. The Morgan fingerprint density at radius 1 is 1.36 bits per heavy atom. The van der Waals surface area contributed by atoms with Gasteiger partial charge in [0, 0.05) is 26.2 Å². The van der Waals surface area contributed by atoms with Crippen LogP contribution >= 0.6 is 0 Å². The Morgan fingerprint density at radius 3 is 2.50 bits per heavy atom. The van der Waals surface area contributed by atoms with E-state index in [-0.39, 0.29) is 17.9 Å². The van der Waals surface area contributed by atoms with Crippen molar-refractivity contribution in [3.05, 3.63) is 18.3 Å². The van der Waals surface area contributed by atoms with E-state index < -0.39 is 5.60 Å². The van der Waals surface area contributed by atoms with Crippen molar-refractivity contribution >= 4 is 11.9 Å². The fraction of sp³-hybridized carbons (Fsp3) is 0.625. The number of aromatic nitrogens is 1. The van der Waals surface area contributed by atoms with Crippen LogP contribution in [0.4, 0.5) is 10.6 Å². The van der Waals surface area contributed by atoms with Crippen LogP contribution in [0, 0.1) is 0 Å². The third-order valence-corrected chi connectivity index (χ3v) is 3.75. The summed E-state index contributed by atoms with van der Waals surface area (Å²) in [6, 6.07) is 3.64. The Kier molecular flexibility index (Phi) is 4.78. The average Bonchev–Trinajstić information content (AvgIpc) is 2.46. The first kappa shape index (κ1) is 16.4. The molecule has 1 amide bonds. The first-order valence-electron chi connectivity index (χ1n) is 7.62. The van der Waals surface area contributed by atoms with Gasteiger partial charge in [0.05, 0.1) is 6.20 Å². The number of hydrogen-bond donors (Lipinski definition) is 1. The molecule has 22 heavy (non-hydrogen) atoms. The molecule has 0 aliphatic carbocycles. The van der Waals surface area contributed by atoms with Gasteiger partial charge in [0.2, 0.25) is 0 Å². The van der Waals surface area contributed by atoms with Gasteiger partial charge in [-0.2, -0.15) is 0 Å². The first-order valence-corrected chi connectivity index (χ1v) is 7.62. The maximum Gasteiger partial charge on any atom is 0.410 e. The zero-order valence-electron chi connectivity index (χ0n) is 13.7. The fourth-order valence-electron chi connectivity index (χ4n) is 2.53. The normalized spacial score (nSPS) is 16.5. The second-order valence-corrected chi connectivity index (χ2v) is 6.68. The van der Waals surface area contributed by atoms with Crippen molar-refractivity contribution in [3.8, 4) is 5.75 Å². The van der Waals surface area contributed by atoms with Crippen molar-refractivity contribution in [2.24, 2.45) is 0 Å². The van der Waals surface area contributed by atoms with Crippen LogP contribution in [0.3, 0.4) is 0 Å². The zero-order chi connectivity index (χ0) is 16.3. The van der Waals surface area contributed by atoms with E-state index in [1.54, 1.807) is 18.0 Å². The number of nitrogens with zero attached hydrogens (tertiary/aromatic N) is 3. The Hall–Kier alpha value is -1.98. The summed E-state index contributed by atoms with van der Waals surface area (Å²) in [6.07, 6.45) is 2.93. The SMILES string of the molecule is CN(C(=O)OC(C)(C)C)C1CCN(c2ccc(O)cn2)CC1. The number of hydrogen-bond acceptors (Lipinski definition) is 5. The van der Waals surface area contributed by atoms with Crippen molar-refractivity contribution in [2.75, 3.05) is 25.0 Å². The molecule has 0 bridgehead atoms. The number of amides is 1. The van der Waals surface area contributed by atoms with Gasteiger partial charge in [-0.25, -0.2) is 9.78 Å². The predicted octanol–water partition coefficient (Wildman–Crippen LogP) is 2.62. The predicted molar refractivity (Wildman–Crippen MR) is 85.1 cm³/mol. The molecule has 1 aromatic rings. The van der Waals surface area contributed by atoms with Crippen molar-refractivity contribution in [2.45, 2.75) is 45.3 Å². The first-order chi connectivity index (χ1) is 10.3. The lowest BCUT2D eigenvalue weighted by atomic mass is 10.0. The molecule has 0 atom stereocenters. The highest BCUT2D eigenvalue weighted by Crippen LogP contribution is 2.22. The van der Waals surface area contributed by atoms with E-state index in [4.69, 9.17) is 4.74 Å². The van der Waals surface area contributed by atoms with Crippen molar-refractivity contribution in [3.63, 3.8) is 0 Å². The van der Waals surface area contributed by atoms with Gasteiger partial charge in [0.25, 0.3) is 0 Å². The molecule has 1 aliphatic rings. The van der Waals surface area contributed by atoms with Gasteiger partial charge in [0.15, 0.2) is 0 Å². The number of aromatic hydroxyl groups is 1. The molecule has 122 valence electrons. The maximum absolute atomic E-state index is 12.1. The summed E-state index contributed by atoms with van der Waals surface area (Å²) in [5.41, 5.74) is -0.470. The molecule has 0 aromatic carbocycles. The van der Waals surface area contributed by atoms with E-state index in [0.29, 0.717) is 0 Å². The molecule has 1 aliphatic heterocycles. The van der Waals surface area contributed by atoms with Crippen molar-refractivity contribution in [1.29, 1.82) is 0 Å². The third kappa shape index (κ3) is 4.26. The van der Waals surface area contributed by atoms with Gasteiger partial charge in [-0.1, -0.05) is 0 Å². The van der Waals surface area contributed by atoms with E-state index in [0.717, 1.165) is 31.7 Å². The van der Waals surface area contributed by atoms with Gasteiger partial charge in [0.1, 0.15) is 17.2 Å². The van der Waals surface area contributed by atoms with Gasteiger partial charge < -0.3 is 19.6 Å². The molecule has 0 saturated carbocycles. The Morgan fingerprint density at radius 2 is 2.00 bits per heavy atom. The highest BCUT2D eigenvalue weighted by Gasteiger charge is 2.28. The van der Waals surface area contributed by atoms with Crippen LogP contribution in [-0.4, -0.2) is 52.9 Å². The molecule has 1 aromatic heterocycles. The second-order valence-electron chi connectivity index (χ2n) is 6.68. The van der Waals surface area contributed by atoms with E-state index in [9.17, 15) is 9.90 Å². The number of rotatable bonds is 2. The summed E-state index contributed by atoms with van der Waals surface area (Å²) >= 11 is 0. The molecule has 1 saturated heterocycles. The van der Waals surface area contributed by atoms with E-state index in [2.05, 4.69) is 9.88 Å². The Labute approximate surface area is 131 Å². The van der Waals surface area contributed by atoms with E-state index >= 15 is 0 Å². The topological polar surface area (TPSA) is 65.9 Å². The summed E-state index contributed by atoms with van der Waals surface area (Å²) in [6.45, 7) is 7.28. The van der Waals surface area contributed by atoms with Crippen LogP contribution in [0.15, 0.2) is 18.3 Å². The fourth-order valence-corrected chi connectivity index (χ4v) is 2.53. The monoisotopic (exact) mass is 307 g/mol. The Bertz CT molecular complexity index is 502. The molecule has 1 fully saturated rings. The van der Waals surface area contributed by atoms with Crippen LogP contribution in [0.5, 0.6) is 5.75 Å². The molecule has 0 radical (unpaired) electrons. The summed E-state index contributed by atoms with van der Waals surface area (Å²) in [4.78, 5) is 20.2. The molecule has 0 spiro atoms. The van der Waals surface area contributed by atoms with Gasteiger partial charge in [-0.05, 0) is 45.7 Å². The Balaban J connectivity index is 1.88. The number of anilines is 1. The molecular formula is C16H25N3O3. The lowest BCUT2D eigenvalue weighted by Gasteiger charge is -2.37. The second kappa shape index (κ2) is 6.42. The van der Waals surface area contributed by atoms with Crippen LogP contribution in [0.25, 0.3) is 0 Å². The van der Waals surface area contributed by atoms with Gasteiger partial charge >= 0.3 is 6.09 Å². The van der Waals surface area contributed by atoms with Crippen LogP contribution in [0.1, 0.15) is 33.6 Å². The molecule has 1 N–H and O–H groups in total. The third-order valence-electron chi connectivity index (χ3n) is 3.75. The van der Waals surface area contributed by atoms with Gasteiger partial charge in [-0.15, -0.1) is 0 Å². The molecule has 6 nitrogen and oxygen atoms in total. The number of ether oxygens (including phenoxy) is 1. The van der Waals surface area contributed by atoms with E-state index in [1.807, 2.05) is 26.8 Å². The molecule has 2 heterocycles. The maximum atomic E-state index is 12.1. The average molecular weight is 307 g/mol. The minimum Gasteiger partial charge on any atom is -0.506 e. The van der Waals surface area contributed by atoms with E-state index in [1.165, 1.54) is 6.20 Å². The molecule has 6 heteroatoms. The number of carbonyl (C=O) groups is 1. The quantitative estimate of drug-likeness (QED) is 0.910. The minimum absolute atomic E-state index is 0.170. The molecule has 2 rings (SSSR count). The summed E-state index contributed by atoms with van der Waals surface area (Å²) in [5.74, 6) is 1.03.